The maximum Gasteiger partial charge on any atom is 0.349 e. The molecule has 0 amide bonds. The van der Waals surface area contributed by atoms with Gasteiger partial charge in [-0.05, 0) is 49.8 Å². The molecule has 9 atom stereocenters. The topological polar surface area (TPSA) is 101 Å². The van der Waals surface area contributed by atoms with Gasteiger partial charge in [0.15, 0.2) is 11.5 Å². The van der Waals surface area contributed by atoms with E-state index in [0.29, 0.717) is 0 Å². The maximum atomic E-state index is 17.1. The number of ether oxygens (including phenoxy) is 1. The number of halogens is 2. The number of aliphatic hydroxyl groups is 1. The summed E-state index contributed by atoms with van der Waals surface area (Å²) in [6, 6.07) is 0. The molecule has 0 saturated heterocycles. The molecule has 0 heterocycles. The first-order chi connectivity index (χ1) is 14.8. The van der Waals surface area contributed by atoms with Gasteiger partial charge in [-0.25, -0.2) is 13.6 Å². The quantitative estimate of drug-likeness (QED) is 0.637. The Hall–Kier alpha value is -2.09. The lowest BCUT2D eigenvalue weighted by Gasteiger charge is -2.62. The summed E-state index contributed by atoms with van der Waals surface area (Å²) in [5.41, 5.74) is -7.07. The molecule has 3 fully saturated rings. The summed E-state index contributed by atoms with van der Waals surface area (Å²) in [4.78, 5) is 36.7. The Morgan fingerprint density at radius 2 is 1.91 bits per heavy atom. The Bertz CT molecular complexity index is 945. The van der Waals surface area contributed by atoms with Crippen LogP contribution < -0.4 is 0 Å². The molecule has 0 bridgehead atoms. The van der Waals surface area contributed by atoms with Crippen LogP contribution in [0.25, 0.3) is 0 Å². The number of fused-ring (bicyclic) bond motifs is 5. The molecule has 0 spiro atoms. The number of hydrogen-bond donors (Lipinski definition) is 2. The highest BCUT2D eigenvalue weighted by Crippen LogP contribution is 2.71. The number of carbonyl (C=O) groups is 3. The van der Waals surface area contributed by atoms with Crippen LogP contribution in [0.5, 0.6) is 0 Å². The van der Waals surface area contributed by atoms with Crippen molar-refractivity contribution in [3.63, 3.8) is 0 Å². The van der Waals surface area contributed by atoms with E-state index in [2.05, 4.69) is 0 Å². The van der Waals surface area contributed by atoms with Crippen molar-refractivity contribution in [1.29, 1.82) is 0 Å². The van der Waals surface area contributed by atoms with Crippen LogP contribution >= 0.6 is 0 Å². The van der Waals surface area contributed by atoms with E-state index in [1.54, 1.807) is 20.8 Å². The standard InChI is InChI=1S/C24H30F2O6/c1-5-19(29)32-24(20(30)31)12(2)8-14-15-10-17(25)16-9-13(27)6-7-21(16,3)23(15,26)18(28)11-22(14,24)4/h6-7,9,12,14-15,17-18,28H,5,8,10-11H2,1-4H3,(H,30,31)/t12-,14+,15+,17+,18-,21+,22+,23+,24+/m1/s1. The molecule has 0 unspecified atom stereocenters. The van der Waals surface area contributed by atoms with E-state index in [4.69, 9.17) is 4.74 Å². The van der Waals surface area contributed by atoms with Crippen LogP contribution in [0, 0.1) is 28.6 Å². The van der Waals surface area contributed by atoms with Crippen LogP contribution in [-0.4, -0.2) is 51.5 Å². The van der Waals surface area contributed by atoms with Crippen LogP contribution in [0.2, 0.25) is 0 Å². The van der Waals surface area contributed by atoms with Crippen LogP contribution in [0.3, 0.4) is 0 Å². The maximum absolute atomic E-state index is 17.1. The van der Waals surface area contributed by atoms with Crippen molar-refractivity contribution >= 4 is 17.7 Å². The Kier molecular flexibility index (Phi) is 5.02. The van der Waals surface area contributed by atoms with Crippen molar-refractivity contribution in [3.8, 4) is 0 Å². The zero-order valence-corrected chi connectivity index (χ0v) is 18.7. The number of ketones is 1. The Morgan fingerprint density at radius 3 is 2.50 bits per heavy atom. The lowest BCUT2D eigenvalue weighted by Crippen LogP contribution is -2.71. The Balaban J connectivity index is 1.87. The average molecular weight is 452 g/mol. The largest absolute Gasteiger partial charge is 0.478 e. The molecule has 176 valence electrons. The number of alkyl halides is 2. The first-order valence-electron chi connectivity index (χ1n) is 11.2. The number of aliphatic carboxylic acids is 1. The molecule has 0 aromatic heterocycles. The van der Waals surface area contributed by atoms with Gasteiger partial charge in [0, 0.05) is 29.1 Å². The molecule has 4 aliphatic carbocycles. The molecule has 0 aromatic carbocycles. The van der Waals surface area contributed by atoms with E-state index in [-0.39, 0.29) is 31.3 Å². The van der Waals surface area contributed by atoms with Crippen LogP contribution in [0.1, 0.15) is 53.4 Å². The highest BCUT2D eigenvalue weighted by atomic mass is 19.1. The molecule has 32 heavy (non-hydrogen) atoms. The third-order valence-corrected chi connectivity index (χ3v) is 9.05. The van der Waals surface area contributed by atoms with E-state index < -0.39 is 69.9 Å². The SMILES string of the molecule is CCC(=O)O[C@]1(C(=O)O)[C@H](C)C[C@H]2[C@@H]3C[C@H](F)C4=CC(=O)C=C[C@]4(C)[C@@]3(F)[C@H](O)C[C@@]21C. The zero-order chi connectivity index (χ0) is 23.9. The first-order valence-corrected chi connectivity index (χ1v) is 11.2. The zero-order valence-electron chi connectivity index (χ0n) is 18.7. The summed E-state index contributed by atoms with van der Waals surface area (Å²) in [6.45, 7) is 6.31. The van der Waals surface area contributed by atoms with Gasteiger partial charge in [0.05, 0.1) is 6.10 Å². The van der Waals surface area contributed by atoms with Gasteiger partial charge in [-0.3, -0.25) is 9.59 Å². The Morgan fingerprint density at radius 1 is 1.25 bits per heavy atom. The third kappa shape index (κ3) is 2.50. The van der Waals surface area contributed by atoms with Gasteiger partial charge >= 0.3 is 11.9 Å². The fraction of sp³-hybridized carbons (Fsp3) is 0.708. The van der Waals surface area contributed by atoms with Crippen molar-refractivity contribution < 1.29 is 38.1 Å². The monoisotopic (exact) mass is 452 g/mol. The minimum Gasteiger partial charge on any atom is -0.478 e. The summed E-state index contributed by atoms with van der Waals surface area (Å²) in [5, 5.41) is 21.5. The number of rotatable bonds is 3. The third-order valence-electron chi connectivity index (χ3n) is 9.05. The minimum absolute atomic E-state index is 0.0133. The summed E-state index contributed by atoms with van der Waals surface area (Å²) >= 11 is 0. The molecule has 8 heteroatoms. The lowest BCUT2D eigenvalue weighted by atomic mass is 9.44. The second kappa shape index (κ2) is 6.95. The number of esters is 1. The van der Waals surface area contributed by atoms with Gasteiger partial charge in [-0.15, -0.1) is 0 Å². The molecule has 2 N–H and O–H groups in total. The van der Waals surface area contributed by atoms with E-state index >= 15 is 8.78 Å². The first kappa shape index (κ1) is 23.1. The molecule has 4 rings (SSSR count). The van der Waals surface area contributed by atoms with Crippen molar-refractivity contribution in [2.45, 2.75) is 76.9 Å². The molecule has 0 aliphatic heterocycles. The highest BCUT2D eigenvalue weighted by Gasteiger charge is 2.78. The van der Waals surface area contributed by atoms with E-state index in [9.17, 15) is 24.6 Å². The van der Waals surface area contributed by atoms with Crippen LogP contribution in [0.15, 0.2) is 23.8 Å². The molecule has 4 aliphatic rings. The number of aliphatic hydroxyl groups excluding tert-OH is 1. The van der Waals surface area contributed by atoms with Gasteiger partial charge in [-0.1, -0.05) is 26.8 Å². The van der Waals surface area contributed by atoms with Gasteiger partial charge in [0.2, 0.25) is 5.60 Å². The normalized spacial score (nSPS) is 49.5. The molecular formula is C24H30F2O6. The molecular weight excluding hydrogens is 422 g/mol. The van der Waals surface area contributed by atoms with Crippen molar-refractivity contribution in [3.05, 3.63) is 23.8 Å². The minimum atomic E-state index is -2.30. The predicted molar refractivity (Wildman–Crippen MR) is 110 cm³/mol. The number of carboxylic acids is 1. The highest BCUT2D eigenvalue weighted by molar-refractivity contribution is 6.01. The average Bonchev–Trinajstić information content (AvgIpc) is 2.93. The van der Waals surface area contributed by atoms with Gasteiger partial charge in [-0.2, -0.15) is 0 Å². The van der Waals surface area contributed by atoms with Crippen LogP contribution in [0.4, 0.5) is 8.78 Å². The summed E-state index contributed by atoms with van der Waals surface area (Å²) < 4.78 is 38.1. The van der Waals surface area contributed by atoms with Crippen molar-refractivity contribution in [2.75, 3.05) is 0 Å². The van der Waals surface area contributed by atoms with E-state index in [1.807, 2.05) is 0 Å². The molecule has 0 radical (unpaired) electrons. The van der Waals surface area contributed by atoms with Crippen molar-refractivity contribution in [1.82, 2.24) is 0 Å². The molecule has 0 aromatic rings. The summed E-state index contributed by atoms with van der Waals surface area (Å²) in [5.74, 6) is -4.78. The number of carbonyl (C=O) groups excluding carboxylic acids is 2. The summed E-state index contributed by atoms with van der Waals surface area (Å²) in [7, 11) is 0. The van der Waals surface area contributed by atoms with Crippen molar-refractivity contribution in [2.24, 2.45) is 28.6 Å². The predicted octanol–water partition coefficient (Wildman–Crippen LogP) is 3.33. The fourth-order valence-electron chi connectivity index (χ4n) is 7.49. The van der Waals surface area contributed by atoms with E-state index in [1.165, 1.54) is 19.1 Å². The Labute approximate surface area is 185 Å². The molecule has 6 nitrogen and oxygen atoms in total. The second-order valence-electron chi connectivity index (χ2n) is 10.4. The number of carboxylic acid groups (broad SMARTS) is 1. The smallest absolute Gasteiger partial charge is 0.349 e. The van der Waals surface area contributed by atoms with E-state index in [0.717, 1.165) is 6.08 Å². The van der Waals surface area contributed by atoms with Crippen LogP contribution in [-0.2, 0) is 19.1 Å². The summed E-state index contributed by atoms with van der Waals surface area (Å²) in [6.07, 6.45) is 0.0529. The number of allylic oxidation sites excluding steroid dienone is 4. The van der Waals surface area contributed by atoms with Gasteiger partial charge in [0.25, 0.3) is 0 Å². The van der Waals surface area contributed by atoms with Gasteiger partial charge in [0.1, 0.15) is 6.17 Å². The fourth-order valence-corrected chi connectivity index (χ4v) is 7.49. The number of hydrogen-bond acceptors (Lipinski definition) is 5. The van der Waals surface area contributed by atoms with Gasteiger partial charge < -0.3 is 14.9 Å². The lowest BCUT2D eigenvalue weighted by molar-refractivity contribution is -0.237. The second-order valence-corrected chi connectivity index (χ2v) is 10.4. The molecule has 3 saturated carbocycles.